The molecule has 16 heavy (non-hydrogen) atoms. The highest BCUT2D eigenvalue weighted by Crippen LogP contribution is 2.26. The van der Waals surface area contributed by atoms with E-state index in [4.69, 9.17) is 16.0 Å². The van der Waals surface area contributed by atoms with Gasteiger partial charge in [0.1, 0.15) is 11.9 Å². The van der Waals surface area contributed by atoms with Crippen molar-refractivity contribution in [2.45, 2.75) is 20.0 Å². The molecule has 1 heterocycles. The molecule has 1 atom stereocenters. The van der Waals surface area contributed by atoms with Gasteiger partial charge in [0.05, 0.1) is 0 Å². The van der Waals surface area contributed by atoms with E-state index in [1.165, 1.54) is 5.56 Å². The molecule has 1 unspecified atom stereocenters. The fourth-order valence-electron chi connectivity index (χ4n) is 1.57. The van der Waals surface area contributed by atoms with Gasteiger partial charge in [0.2, 0.25) is 0 Å². The quantitative estimate of drug-likeness (QED) is 0.864. The monoisotopic (exact) mass is 236 g/mol. The number of benzene rings is 1. The second-order valence-corrected chi connectivity index (χ2v) is 4.26. The van der Waals surface area contributed by atoms with Crippen molar-refractivity contribution in [3.63, 3.8) is 0 Å². The fraction of sp³-hybridized carbons (Fsp3) is 0.231. The predicted molar refractivity (Wildman–Crippen MR) is 63.7 cm³/mol. The lowest BCUT2D eigenvalue weighted by Crippen LogP contribution is -1.98. The van der Waals surface area contributed by atoms with Crippen LogP contribution in [0.1, 0.15) is 28.6 Å². The van der Waals surface area contributed by atoms with Crippen LogP contribution in [0.4, 0.5) is 0 Å². The molecule has 2 aromatic rings. The molecule has 0 fully saturated rings. The average Bonchev–Trinajstić information content (AvgIpc) is 2.68. The van der Waals surface area contributed by atoms with Crippen molar-refractivity contribution < 1.29 is 9.52 Å². The standard InChI is InChI=1S/C13H13ClO2/c1-8-3-4-10(7-9(8)2)13(15)11-5-6-12(14)16-11/h3-7,13,15H,1-2H3. The third-order valence-electron chi connectivity index (χ3n) is 2.71. The Kier molecular flexibility index (Phi) is 3.03. The van der Waals surface area contributed by atoms with Crippen LogP contribution in [-0.2, 0) is 0 Å². The van der Waals surface area contributed by atoms with E-state index in [9.17, 15) is 5.11 Å². The van der Waals surface area contributed by atoms with Crippen LogP contribution in [0.2, 0.25) is 5.22 Å². The van der Waals surface area contributed by atoms with Gasteiger partial charge in [-0.3, -0.25) is 0 Å². The maximum Gasteiger partial charge on any atom is 0.193 e. The zero-order valence-electron chi connectivity index (χ0n) is 9.20. The van der Waals surface area contributed by atoms with Crippen LogP contribution in [0.5, 0.6) is 0 Å². The van der Waals surface area contributed by atoms with Gasteiger partial charge in [-0.25, -0.2) is 0 Å². The van der Waals surface area contributed by atoms with Gasteiger partial charge in [0, 0.05) is 0 Å². The minimum Gasteiger partial charge on any atom is -0.447 e. The molecule has 1 aromatic heterocycles. The number of halogens is 1. The Labute approximate surface area is 99.5 Å². The summed E-state index contributed by atoms with van der Waals surface area (Å²) in [6, 6.07) is 9.14. The molecule has 0 saturated carbocycles. The Bertz CT molecular complexity index is 502. The molecule has 0 aliphatic heterocycles. The van der Waals surface area contributed by atoms with Crippen molar-refractivity contribution in [1.82, 2.24) is 0 Å². The molecular weight excluding hydrogens is 224 g/mol. The molecule has 0 amide bonds. The van der Waals surface area contributed by atoms with E-state index in [0.29, 0.717) is 5.76 Å². The largest absolute Gasteiger partial charge is 0.447 e. The molecule has 1 N–H and O–H groups in total. The van der Waals surface area contributed by atoms with Crippen molar-refractivity contribution in [3.05, 3.63) is 58.0 Å². The smallest absolute Gasteiger partial charge is 0.193 e. The predicted octanol–water partition coefficient (Wildman–Crippen LogP) is 3.63. The molecule has 3 heteroatoms. The fourth-order valence-corrected chi connectivity index (χ4v) is 1.73. The Morgan fingerprint density at radius 2 is 1.88 bits per heavy atom. The topological polar surface area (TPSA) is 33.4 Å². The number of hydrogen-bond acceptors (Lipinski definition) is 2. The number of aryl methyl sites for hydroxylation is 2. The van der Waals surface area contributed by atoms with Crippen LogP contribution in [0.25, 0.3) is 0 Å². The highest BCUT2D eigenvalue weighted by Gasteiger charge is 2.14. The maximum absolute atomic E-state index is 10.1. The van der Waals surface area contributed by atoms with Gasteiger partial charge in [-0.05, 0) is 54.3 Å². The Morgan fingerprint density at radius 3 is 2.44 bits per heavy atom. The average molecular weight is 237 g/mol. The maximum atomic E-state index is 10.1. The van der Waals surface area contributed by atoms with E-state index in [1.54, 1.807) is 12.1 Å². The summed E-state index contributed by atoms with van der Waals surface area (Å²) in [6.07, 6.45) is -0.758. The van der Waals surface area contributed by atoms with Gasteiger partial charge < -0.3 is 9.52 Å². The number of aliphatic hydroxyl groups excluding tert-OH is 1. The Balaban J connectivity index is 2.33. The van der Waals surface area contributed by atoms with Gasteiger partial charge in [-0.15, -0.1) is 0 Å². The normalized spacial score (nSPS) is 12.8. The van der Waals surface area contributed by atoms with Crippen molar-refractivity contribution in [2.24, 2.45) is 0 Å². The summed E-state index contributed by atoms with van der Waals surface area (Å²) in [5, 5.41) is 10.4. The summed E-state index contributed by atoms with van der Waals surface area (Å²) in [4.78, 5) is 0. The zero-order chi connectivity index (χ0) is 11.7. The van der Waals surface area contributed by atoms with Crippen LogP contribution in [0, 0.1) is 13.8 Å². The number of hydrogen-bond donors (Lipinski definition) is 1. The van der Waals surface area contributed by atoms with E-state index < -0.39 is 6.10 Å². The molecule has 0 aliphatic rings. The molecule has 1 aromatic carbocycles. The third-order valence-corrected chi connectivity index (χ3v) is 2.91. The van der Waals surface area contributed by atoms with Crippen LogP contribution in [-0.4, -0.2) is 5.11 Å². The second-order valence-electron chi connectivity index (χ2n) is 3.89. The highest BCUT2D eigenvalue weighted by molar-refractivity contribution is 6.28. The molecular formula is C13H13ClO2. The number of aliphatic hydroxyl groups is 1. The molecule has 0 saturated heterocycles. The van der Waals surface area contributed by atoms with Gasteiger partial charge in [0.15, 0.2) is 5.22 Å². The van der Waals surface area contributed by atoms with Crippen LogP contribution >= 0.6 is 11.6 Å². The lowest BCUT2D eigenvalue weighted by molar-refractivity contribution is 0.189. The van der Waals surface area contributed by atoms with Gasteiger partial charge in [-0.2, -0.15) is 0 Å². The first kappa shape index (κ1) is 11.2. The van der Waals surface area contributed by atoms with Crippen molar-refractivity contribution in [2.75, 3.05) is 0 Å². The van der Waals surface area contributed by atoms with Crippen molar-refractivity contribution in [3.8, 4) is 0 Å². The molecule has 2 rings (SSSR count). The molecule has 0 aliphatic carbocycles. The number of rotatable bonds is 2. The van der Waals surface area contributed by atoms with Crippen molar-refractivity contribution >= 4 is 11.6 Å². The first-order chi connectivity index (χ1) is 7.58. The second kappa shape index (κ2) is 4.32. The lowest BCUT2D eigenvalue weighted by Gasteiger charge is -2.10. The highest BCUT2D eigenvalue weighted by atomic mass is 35.5. The van der Waals surface area contributed by atoms with E-state index in [2.05, 4.69) is 0 Å². The molecule has 2 nitrogen and oxygen atoms in total. The summed E-state index contributed by atoms with van der Waals surface area (Å²) < 4.78 is 5.19. The summed E-state index contributed by atoms with van der Waals surface area (Å²) in [5.74, 6) is 0.466. The first-order valence-electron chi connectivity index (χ1n) is 5.08. The van der Waals surface area contributed by atoms with E-state index in [1.807, 2.05) is 32.0 Å². The summed E-state index contributed by atoms with van der Waals surface area (Å²) in [7, 11) is 0. The van der Waals surface area contributed by atoms with E-state index >= 15 is 0 Å². The Morgan fingerprint density at radius 1 is 1.12 bits per heavy atom. The molecule has 84 valence electrons. The Hall–Kier alpha value is -1.25. The zero-order valence-corrected chi connectivity index (χ0v) is 9.95. The minimum atomic E-state index is -0.758. The molecule has 0 bridgehead atoms. The van der Waals surface area contributed by atoms with Crippen molar-refractivity contribution in [1.29, 1.82) is 0 Å². The van der Waals surface area contributed by atoms with E-state index in [-0.39, 0.29) is 5.22 Å². The van der Waals surface area contributed by atoms with Crippen LogP contribution in [0.3, 0.4) is 0 Å². The SMILES string of the molecule is Cc1ccc(C(O)c2ccc(Cl)o2)cc1C. The lowest BCUT2D eigenvalue weighted by atomic mass is 10.0. The van der Waals surface area contributed by atoms with E-state index in [0.717, 1.165) is 11.1 Å². The number of furan rings is 1. The summed E-state index contributed by atoms with van der Waals surface area (Å²) in [5.41, 5.74) is 3.16. The van der Waals surface area contributed by atoms with Crippen LogP contribution in [0.15, 0.2) is 34.7 Å². The summed E-state index contributed by atoms with van der Waals surface area (Å²) in [6.45, 7) is 4.05. The summed E-state index contributed by atoms with van der Waals surface area (Å²) >= 11 is 5.67. The van der Waals surface area contributed by atoms with Gasteiger partial charge >= 0.3 is 0 Å². The minimum absolute atomic E-state index is 0.290. The first-order valence-corrected chi connectivity index (χ1v) is 5.46. The third kappa shape index (κ3) is 2.13. The molecule has 0 radical (unpaired) electrons. The van der Waals surface area contributed by atoms with Gasteiger partial charge in [0.25, 0.3) is 0 Å². The van der Waals surface area contributed by atoms with Crippen LogP contribution < -0.4 is 0 Å². The van der Waals surface area contributed by atoms with Gasteiger partial charge in [-0.1, -0.05) is 18.2 Å². The molecule has 0 spiro atoms.